The third kappa shape index (κ3) is 4.56. The summed E-state index contributed by atoms with van der Waals surface area (Å²) in [7, 11) is 0. The molecule has 0 radical (unpaired) electrons. The van der Waals surface area contributed by atoms with Gasteiger partial charge in [0.1, 0.15) is 11.6 Å². The Morgan fingerprint density at radius 1 is 0.972 bits per heavy atom. The highest BCUT2D eigenvalue weighted by molar-refractivity contribution is 6.30. The van der Waals surface area contributed by atoms with Gasteiger partial charge in [-0.15, -0.1) is 0 Å². The van der Waals surface area contributed by atoms with E-state index in [9.17, 15) is 18.4 Å². The molecular weight excluding hydrogens is 482 g/mol. The highest BCUT2D eigenvalue weighted by Crippen LogP contribution is 2.46. The van der Waals surface area contributed by atoms with E-state index in [0.717, 1.165) is 17.3 Å². The lowest BCUT2D eigenvalue weighted by Crippen LogP contribution is -2.37. The molecule has 1 aliphatic carbocycles. The Morgan fingerprint density at radius 3 is 2.44 bits per heavy atom. The van der Waals surface area contributed by atoms with E-state index in [4.69, 9.17) is 11.6 Å². The number of ketones is 1. The van der Waals surface area contributed by atoms with E-state index < -0.39 is 23.5 Å². The number of amides is 1. The second kappa shape index (κ2) is 9.70. The van der Waals surface area contributed by atoms with Gasteiger partial charge in [-0.2, -0.15) is 0 Å². The Morgan fingerprint density at radius 2 is 1.72 bits per heavy atom. The average molecular weight is 505 g/mol. The highest BCUT2D eigenvalue weighted by Gasteiger charge is 2.41. The van der Waals surface area contributed by atoms with E-state index in [1.807, 2.05) is 36.4 Å². The van der Waals surface area contributed by atoms with Crippen LogP contribution in [0.2, 0.25) is 5.02 Å². The number of carbonyl (C=O) groups is 2. The maximum atomic E-state index is 14.3. The number of hydrogen-bond acceptors (Lipinski definition) is 3. The first-order valence-corrected chi connectivity index (χ1v) is 12.0. The van der Waals surface area contributed by atoms with Crippen molar-refractivity contribution in [2.24, 2.45) is 0 Å². The number of allylic oxidation sites excluding steroid dienone is 3. The molecule has 0 saturated carbocycles. The first-order valence-electron chi connectivity index (χ1n) is 11.6. The van der Waals surface area contributed by atoms with Crippen LogP contribution in [0.15, 0.2) is 95.3 Å². The SMILES string of the molecule is CC1=C(C(=O)Nc2ccc(F)cc2F)C(c2cccc(Cl)c2)C2=C(CC(c3ccccc3)CC2=O)N1. The fourth-order valence-corrected chi connectivity index (χ4v) is 5.30. The van der Waals surface area contributed by atoms with Crippen molar-refractivity contribution in [3.05, 3.63) is 123 Å². The molecule has 0 fully saturated rings. The molecule has 7 heteroatoms. The number of anilines is 1. The summed E-state index contributed by atoms with van der Waals surface area (Å²) in [5.74, 6) is -2.95. The zero-order valence-corrected chi connectivity index (χ0v) is 20.2. The van der Waals surface area contributed by atoms with Crippen molar-refractivity contribution in [1.82, 2.24) is 5.32 Å². The average Bonchev–Trinajstić information content (AvgIpc) is 2.85. The van der Waals surface area contributed by atoms with E-state index >= 15 is 0 Å². The van der Waals surface area contributed by atoms with Crippen LogP contribution >= 0.6 is 11.6 Å². The van der Waals surface area contributed by atoms with E-state index in [-0.39, 0.29) is 23.0 Å². The van der Waals surface area contributed by atoms with Crippen molar-refractivity contribution in [1.29, 1.82) is 0 Å². The number of halogens is 3. The smallest absolute Gasteiger partial charge is 0.254 e. The first kappa shape index (κ1) is 23.9. The Labute approximate surface area is 212 Å². The molecule has 1 amide bonds. The molecule has 182 valence electrons. The molecule has 1 heterocycles. The lowest BCUT2D eigenvalue weighted by Gasteiger charge is -2.37. The summed E-state index contributed by atoms with van der Waals surface area (Å²) >= 11 is 6.29. The van der Waals surface area contributed by atoms with Gasteiger partial charge in [0.25, 0.3) is 5.91 Å². The largest absolute Gasteiger partial charge is 0.362 e. The third-order valence-electron chi connectivity index (χ3n) is 6.70. The van der Waals surface area contributed by atoms with Gasteiger partial charge in [-0.3, -0.25) is 9.59 Å². The zero-order valence-electron chi connectivity index (χ0n) is 19.4. The summed E-state index contributed by atoms with van der Waals surface area (Å²) < 4.78 is 27.7. The summed E-state index contributed by atoms with van der Waals surface area (Å²) in [5, 5.41) is 6.32. The number of rotatable bonds is 4. The van der Waals surface area contributed by atoms with Gasteiger partial charge in [-0.25, -0.2) is 8.78 Å². The third-order valence-corrected chi connectivity index (χ3v) is 6.94. The fraction of sp³-hybridized carbons (Fsp3) is 0.172. The molecule has 5 rings (SSSR count). The van der Waals surface area contributed by atoms with Crippen LogP contribution in [0.4, 0.5) is 14.5 Å². The second-order valence-corrected chi connectivity index (χ2v) is 9.50. The second-order valence-electron chi connectivity index (χ2n) is 9.06. The van der Waals surface area contributed by atoms with E-state index in [2.05, 4.69) is 10.6 Å². The Hall–Kier alpha value is -3.77. The van der Waals surface area contributed by atoms with Crippen LogP contribution in [0.3, 0.4) is 0 Å². The van der Waals surface area contributed by atoms with Gasteiger partial charge in [0.2, 0.25) is 0 Å². The van der Waals surface area contributed by atoms with Crippen molar-refractivity contribution >= 4 is 29.0 Å². The van der Waals surface area contributed by atoms with Gasteiger partial charge < -0.3 is 10.6 Å². The number of benzene rings is 3. The van der Waals surface area contributed by atoms with Crippen molar-refractivity contribution < 1.29 is 18.4 Å². The molecule has 36 heavy (non-hydrogen) atoms. The monoisotopic (exact) mass is 504 g/mol. The number of Topliss-reactive ketones (excluding diaryl/α,β-unsaturated/α-hetero) is 1. The van der Waals surface area contributed by atoms with Crippen LogP contribution < -0.4 is 10.6 Å². The van der Waals surface area contributed by atoms with Crippen LogP contribution in [-0.4, -0.2) is 11.7 Å². The predicted molar refractivity (Wildman–Crippen MR) is 135 cm³/mol. The van der Waals surface area contributed by atoms with Gasteiger partial charge in [0.05, 0.1) is 5.69 Å². The minimum atomic E-state index is -0.885. The zero-order chi connectivity index (χ0) is 25.4. The maximum absolute atomic E-state index is 14.3. The minimum Gasteiger partial charge on any atom is -0.362 e. The van der Waals surface area contributed by atoms with Crippen LogP contribution in [0.1, 0.15) is 42.7 Å². The molecule has 3 aromatic rings. The molecule has 2 N–H and O–H groups in total. The summed E-state index contributed by atoms with van der Waals surface area (Å²) in [6.07, 6.45) is 0.920. The van der Waals surface area contributed by atoms with Crippen LogP contribution in [0.25, 0.3) is 0 Å². The lowest BCUT2D eigenvalue weighted by atomic mass is 9.71. The molecule has 1 aliphatic heterocycles. The van der Waals surface area contributed by atoms with Gasteiger partial charge in [0.15, 0.2) is 5.78 Å². The van der Waals surface area contributed by atoms with E-state index in [1.54, 1.807) is 25.1 Å². The van der Waals surface area contributed by atoms with E-state index in [1.165, 1.54) is 6.07 Å². The predicted octanol–water partition coefficient (Wildman–Crippen LogP) is 6.62. The molecule has 0 spiro atoms. The molecule has 2 unspecified atom stereocenters. The summed E-state index contributed by atoms with van der Waals surface area (Å²) in [6, 6.07) is 19.9. The minimum absolute atomic E-state index is 0.0152. The summed E-state index contributed by atoms with van der Waals surface area (Å²) in [6.45, 7) is 1.76. The normalized spacial score (nSPS) is 19.6. The molecule has 2 aliphatic rings. The van der Waals surface area contributed by atoms with Gasteiger partial charge in [0, 0.05) is 46.0 Å². The van der Waals surface area contributed by atoms with Crippen molar-refractivity contribution in [2.45, 2.75) is 31.6 Å². The number of dihydropyridines is 1. The number of hydrogen-bond donors (Lipinski definition) is 2. The highest BCUT2D eigenvalue weighted by atomic mass is 35.5. The van der Waals surface area contributed by atoms with Gasteiger partial charge in [-0.1, -0.05) is 54.1 Å². The van der Waals surface area contributed by atoms with Gasteiger partial charge >= 0.3 is 0 Å². The van der Waals surface area contributed by atoms with Crippen LogP contribution in [0.5, 0.6) is 0 Å². The lowest BCUT2D eigenvalue weighted by molar-refractivity contribution is -0.116. The molecule has 0 saturated heterocycles. The van der Waals surface area contributed by atoms with Crippen LogP contribution in [0, 0.1) is 11.6 Å². The quantitative estimate of drug-likeness (QED) is 0.420. The summed E-state index contributed by atoms with van der Waals surface area (Å²) in [5.41, 5.74) is 3.74. The Kier molecular flexibility index (Phi) is 6.46. The molecule has 2 atom stereocenters. The number of nitrogens with one attached hydrogen (secondary N) is 2. The molecule has 4 nitrogen and oxygen atoms in total. The molecule has 0 aromatic heterocycles. The fourth-order valence-electron chi connectivity index (χ4n) is 5.10. The van der Waals surface area contributed by atoms with Crippen molar-refractivity contribution in [3.63, 3.8) is 0 Å². The first-order chi connectivity index (χ1) is 17.3. The van der Waals surface area contributed by atoms with E-state index in [0.29, 0.717) is 40.8 Å². The van der Waals surface area contributed by atoms with Crippen LogP contribution in [-0.2, 0) is 9.59 Å². The number of carbonyl (C=O) groups excluding carboxylic acids is 2. The topological polar surface area (TPSA) is 58.2 Å². The summed E-state index contributed by atoms with van der Waals surface area (Å²) in [4.78, 5) is 27.1. The standard InChI is InChI=1S/C29H23ClF2N2O2/c1-16-26(29(36)34-23-11-10-21(31)15-22(23)32)27(18-8-5-9-20(30)12-18)28-24(33-16)13-19(14-25(28)35)17-6-3-2-4-7-17/h2-12,15,19,27,33H,13-14H2,1H3,(H,34,36). The Bertz CT molecular complexity index is 1430. The Balaban J connectivity index is 1.57. The van der Waals surface area contributed by atoms with Gasteiger partial charge in [-0.05, 0) is 54.7 Å². The molecular formula is C29H23ClF2N2O2. The molecule has 0 bridgehead atoms. The van der Waals surface area contributed by atoms with Crippen molar-refractivity contribution in [2.75, 3.05) is 5.32 Å². The molecule has 3 aromatic carbocycles. The maximum Gasteiger partial charge on any atom is 0.254 e. The van der Waals surface area contributed by atoms with Crippen molar-refractivity contribution in [3.8, 4) is 0 Å².